The minimum Gasteiger partial charge on any atom is -0.497 e. The summed E-state index contributed by atoms with van der Waals surface area (Å²) >= 11 is 12.6. The van der Waals surface area contributed by atoms with Gasteiger partial charge in [0.2, 0.25) is 11.8 Å². The van der Waals surface area contributed by atoms with Crippen molar-refractivity contribution in [2.24, 2.45) is 0 Å². The quantitative estimate of drug-likeness (QED) is 0.253. The molecule has 0 heterocycles. The van der Waals surface area contributed by atoms with Gasteiger partial charge in [0.05, 0.1) is 24.8 Å². The number of sulfonamides is 1. The number of methoxy groups -OCH3 is 2. The Morgan fingerprint density at radius 3 is 2.30 bits per heavy atom. The topological polar surface area (TPSA) is 105 Å². The Balaban J connectivity index is 1.75. The van der Waals surface area contributed by atoms with E-state index in [0.717, 1.165) is 36.4 Å². The first-order valence-electron chi connectivity index (χ1n) is 14.4. The Kier molecular flexibility index (Phi) is 11.4. The number of hydrogen-bond acceptors (Lipinski definition) is 6. The standard InChI is InChI=1S/C32H37Cl2N3O6S/c1-22(32(39)35-25-10-6-4-7-11-25)36(20-23-14-15-24(33)18-28(23)34)31(38)21-37(44(40,41)27-12-8-5-9-13-27)29-19-26(42-2)16-17-30(29)43-3/h5,8-9,12-19,22,25H,4,6-7,10-11,20-21H2,1-3H3,(H,35,39)/t22-/m1/s1. The summed E-state index contributed by atoms with van der Waals surface area (Å²) in [7, 11) is -1.42. The van der Waals surface area contributed by atoms with Crippen molar-refractivity contribution in [1.29, 1.82) is 0 Å². The van der Waals surface area contributed by atoms with Gasteiger partial charge in [0.15, 0.2) is 0 Å². The zero-order valence-electron chi connectivity index (χ0n) is 25.0. The van der Waals surface area contributed by atoms with Gasteiger partial charge in [-0.15, -0.1) is 0 Å². The summed E-state index contributed by atoms with van der Waals surface area (Å²) in [6.45, 7) is 0.942. The lowest BCUT2D eigenvalue weighted by atomic mass is 9.95. The molecule has 44 heavy (non-hydrogen) atoms. The number of amides is 2. The van der Waals surface area contributed by atoms with E-state index in [0.29, 0.717) is 21.4 Å². The third-order valence-corrected chi connectivity index (χ3v) is 10.1. The zero-order chi connectivity index (χ0) is 31.9. The summed E-state index contributed by atoms with van der Waals surface area (Å²) in [4.78, 5) is 29.1. The molecular weight excluding hydrogens is 625 g/mol. The van der Waals surface area contributed by atoms with Crippen molar-refractivity contribution in [3.63, 3.8) is 0 Å². The lowest BCUT2D eigenvalue weighted by Crippen LogP contribution is -2.53. The molecule has 0 bridgehead atoms. The van der Waals surface area contributed by atoms with Crippen molar-refractivity contribution in [3.05, 3.63) is 82.3 Å². The Morgan fingerprint density at radius 2 is 1.66 bits per heavy atom. The highest BCUT2D eigenvalue weighted by atomic mass is 35.5. The molecule has 1 aliphatic carbocycles. The van der Waals surface area contributed by atoms with Crippen molar-refractivity contribution in [2.75, 3.05) is 25.1 Å². The molecule has 1 fully saturated rings. The van der Waals surface area contributed by atoms with Gasteiger partial charge in [0, 0.05) is 28.7 Å². The molecule has 0 aliphatic heterocycles. The van der Waals surface area contributed by atoms with E-state index >= 15 is 0 Å². The smallest absolute Gasteiger partial charge is 0.264 e. The summed E-state index contributed by atoms with van der Waals surface area (Å²) in [5.74, 6) is -0.363. The maximum atomic E-state index is 14.3. The van der Waals surface area contributed by atoms with Crippen LogP contribution in [0.2, 0.25) is 10.0 Å². The van der Waals surface area contributed by atoms with Gasteiger partial charge in [-0.3, -0.25) is 13.9 Å². The number of nitrogens with zero attached hydrogens (tertiary/aromatic N) is 2. The number of hydrogen-bond donors (Lipinski definition) is 1. The molecule has 1 atom stereocenters. The van der Waals surface area contributed by atoms with Gasteiger partial charge in [-0.05, 0) is 61.7 Å². The van der Waals surface area contributed by atoms with Gasteiger partial charge in [0.1, 0.15) is 24.1 Å². The number of nitrogens with one attached hydrogen (secondary N) is 1. The molecule has 3 aromatic rings. The molecular formula is C32H37Cl2N3O6S. The Morgan fingerprint density at radius 1 is 0.955 bits per heavy atom. The van der Waals surface area contributed by atoms with E-state index < -0.39 is 28.5 Å². The molecule has 1 N–H and O–H groups in total. The molecule has 4 rings (SSSR count). The molecule has 0 aromatic heterocycles. The van der Waals surface area contributed by atoms with Crippen LogP contribution in [0.1, 0.15) is 44.6 Å². The van der Waals surface area contributed by atoms with Gasteiger partial charge in [-0.2, -0.15) is 0 Å². The highest BCUT2D eigenvalue weighted by Gasteiger charge is 2.35. The van der Waals surface area contributed by atoms with Crippen LogP contribution >= 0.6 is 23.2 Å². The third-order valence-electron chi connectivity index (χ3n) is 7.74. The molecule has 1 aliphatic rings. The monoisotopic (exact) mass is 661 g/mol. The number of anilines is 1. The van der Waals surface area contributed by atoms with Crippen molar-refractivity contribution in [3.8, 4) is 11.5 Å². The normalized spacial score (nSPS) is 14.4. The number of carbonyl (C=O) groups excluding carboxylic acids is 2. The number of rotatable bonds is 12. The maximum Gasteiger partial charge on any atom is 0.264 e. The predicted octanol–water partition coefficient (Wildman–Crippen LogP) is 6.07. The van der Waals surface area contributed by atoms with Gasteiger partial charge in [-0.1, -0.05) is 66.7 Å². The molecule has 236 valence electrons. The zero-order valence-corrected chi connectivity index (χ0v) is 27.3. The largest absolute Gasteiger partial charge is 0.497 e. The SMILES string of the molecule is COc1ccc(OC)c(N(CC(=O)N(Cc2ccc(Cl)cc2Cl)[C@H](C)C(=O)NC2CCCCC2)S(=O)(=O)c2ccccc2)c1. The second-order valence-corrected chi connectivity index (χ2v) is 13.3. The third kappa shape index (κ3) is 7.97. The summed E-state index contributed by atoms with van der Waals surface area (Å²) in [6, 6.07) is 16.4. The molecule has 2 amide bonds. The van der Waals surface area contributed by atoms with Crippen molar-refractivity contribution in [1.82, 2.24) is 10.2 Å². The van der Waals surface area contributed by atoms with E-state index in [9.17, 15) is 18.0 Å². The average Bonchev–Trinajstić information content (AvgIpc) is 3.03. The van der Waals surface area contributed by atoms with Gasteiger partial charge < -0.3 is 19.7 Å². The second kappa shape index (κ2) is 15.0. The second-order valence-electron chi connectivity index (χ2n) is 10.6. The number of carbonyl (C=O) groups is 2. The first kappa shape index (κ1) is 33.4. The highest BCUT2D eigenvalue weighted by Crippen LogP contribution is 2.36. The molecule has 0 unspecified atom stereocenters. The van der Waals surface area contributed by atoms with Crippen LogP contribution < -0.4 is 19.1 Å². The van der Waals surface area contributed by atoms with E-state index in [1.165, 1.54) is 37.3 Å². The summed E-state index contributed by atoms with van der Waals surface area (Å²) < 4.78 is 40.1. The lowest BCUT2D eigenvalue weighted by Gasteiger charge is -2.33. The maximum absolute atomic E-state index is 14.3. The first-order valence-corrected chi connectivity index (χ1v) is 16.6. The van der Waals surface area contributed by atoms with Crippen molar-refractivity contribution < 1.29 is 27.5 Å². The minimum atomic E-state index is -4.29. The summed E-state index contributed by atoms with van der Waals surface area (Å²) in [5.41, 5.74) is 0.658. The van der Waals surface area contributed by atoms with Gasteiger partial charge in [0.25, 0.3) is 10.0 Å². The number of halogens is 2. The van der Waals surface area contributed by atoms with Crippen molar-refractivity contribution in [2.45, 2.75) is 62.6 Å². The van der Waals surface area contributed by atoms with Crippen LogP contribution in [0.5, 0.6) is 11.5 Å². The average molecular weight is 663 g/mol. The Labute approximate surface area is 269 Å². The molecule has 3 aromatic carbocycles. The lowest BCUT2D eigenvalue weighted by molar-refractivity contribution is -0.139. The fourth-order valence-corrected chi connectivity index (χ4v) is 7.12. The molecule has 12 heteroatoms. The highest BCUT2D eigenvalue weighted by molar-refractivity contribution is 7.92. The molecule has 9 nitrogen and oxygen atoms in total. The predicted molar refractivity (Wildman–Crippen MR) is 172 cm³/mol. The molecule has 0 saturated heterocycles. The fraction of sp³-hybridized carbons (Fsp3) is 0.375. The van der Waals surface area contributed by atoms with Gasteiger partial charge >= 0.3 is 0 Å². The Hall–Kier alpha value is -3.47. The minimum absolute atomic E-state index is 0.0192. The van der Waals surface area contributed by atoms with Gasteiger partial charge in [-0.25, -0.2) is 8.42 Å². The van der Waals surface area contributed by atoms with Crippen LogP contribution in [0.4, 0.5) is 5.69 Å². The van der Waals surface area contributed by atoms with E-state index in [1.54, 1.807) is 55.5 Å². The molecule has 0 radical (unpaired) electrons. The summed E-state index contributed by atoms with van der Waals surface area (Å²) in [6.07, 6.45) is 4.91. The number of ether oxygens (including phenoxy) is 2. The van der Waals surface area contributed by atoms with E-state index in [-0.39, 0.29) is 34.8 Å². The first-order chi connectivity index (χ1) is 21.0. The van der Waals surface area contributed by atoms with Crippen LogP contribution in [0.3, 0.4) is 0 Å². The molecule has 0 spiro atoms. The van der Waals surface area contributed by atoms with E-state index in [4.69, 9.17) is 32.7 Å². The van der Waals surface area contributed by atoms with Crippen molar-refractivity contribution >= 4 is 50.7 Å². The number of benzene rings is 3. The summed E-state index contributed by atoms with van der Waals surface area (Å²) in [5, 5.41) is 3.82. The van der Waals surface area contributed by atoms with E-state index in [2.05, 4.69) is 5.32 Å². The molecule has 1 saturated carbocycles. The van der Waals surface area contributed by atoms with Crippen LogP contribution in [0, 0.1) is 0 Å². The van der Waals surface area contributed by atoms with Crippen LogP contribution in [0.15, 0.2) is 71.6 Å². The fourth-order valence-electron chi connectivity index (χ4n) is 5.21. The van der Waals surface area contributed by atoms with Crippen LogP contribution in [0.25, 0.3) is 0 Å². The Bertz CT molecular complexity index is 1570. The van der Waals surface area contributed by atoms with Crippen LogP contribution in [-0.4, -0.2) is 58.0 Å². The van der Waals surface area contributed by atoms with Crippen LogP contribution in [-0.2, 0) is 26.2 Å². The van der Waals surface area contributed by atoms with E-state index in [1.807, 2.05) is 0 Å².